The van der Waals surface area contributed by atoms with Crippen molar-refractivity contribution in [3.8, 4) is 11.6 Å². The number of aromatic nitrogens is 1. The van der Waals surface area contributed by atoms with E-state index in [-0.39, 0.29) is 29.5 Å². The number of pyridine rings is 1. The van der Waals surface area contributed by atoms with Crippen LogP contribution in [-0.4, -0.2) is 36.6 Å². The molecule has 1 aliphatic carbocycles. The molecule has 4 rings (SSSR count). The molecule has 1 aromatic heterocycles. The molecule has 5 nitrogen and oxygen atoms in total. The molecule has 2 heterocycles. The van der Waals surface area contributed by atoms with Crippen LogP contribution in [0.1, 0.15) is 51.0 Å². The first-order valence-corrected chi connectivity index (χ1v) is 10.8. The zero-order valence-electron chi connectivity index (χ0n) is 17.6. The second-order valence-electron chi connectivity index (χ2n) is 8.55. The number of hydrogen-bond donors (Lipinski definition) is 0. The van der Waals surface area contributed by atoms with Gasteiger partial charge in [-0.25, -0.2) is 4.98 Å². The smallest absolute Gasteiger partial charge is 0.252 e. The molecule has 6 heteroatoms. The Morgan fingerprint density at radius 2 is 2.00 bits per heavy atom. The third kappa shape index (κ3) is 5.10. The first-order chi connectivity index (χ1) is 14.5. The highest BCUT2D eigenvalue weighted by molar-refractivity contribution is 5.76. The Bertz CT molecular complexity index is 883. The van der Waals surface area contributed by atoms with Crippen LogP contribution in [0.15, 0.2) is 36.5 Å². The molecule has 0 amide bonds. The number of anilines is 1. The standard InChI is InChI=1S/C24H29FN2O3/c1-16(13-17(2)28)19-5-7-20(8-6-19)30-21-10-12-27(14-21)22-9-11-26-24(23(22)25)29-15-18-3-4-18/h5-9,11,16,18,21H,3-4,10,12-15H2,1-2H3/t16-,21-/m1/s1. The topological polar surface area (TPSA) is 51.7 Å². The fraction of sp³-hybridized carbons (Fsp3) is 0.500. The minimum absolute atomic E-state index is 0.00566. The average Bonchev–Trinajstić information content (AvgIpc) is 3.44. The van der Waals surface area contributed by atoms with Gasteiger partial charge in [-0.2, -0.15) is 4.39 Å². The van der Waals surface area contributed by atoms with Gasteiger partial charge in [-0.05, 0) is 55.4 Å². The maximum absolute atomic E-state index is 14.9. The molecule has 0 bridgehead atoms. The summed E-state index contributed by atoms with van der Waals surface area (Å²) in [6, 6.07) is 9.63. The van der Waals surface area contributed by atoms with Crippen molar-refractivity contribution in [1.29, 1.82) is 0 Å². The van der Waals surface area contributed by atoms with Gasteiger partial charge in [0.25, 0.3) is 5.88 Å². The van der Waals surface area contributed by atoms with Crippen molar-refractivity contribution < 1.29 is 18.7 Å². The molecule has 0 radical (unpaired) electrons. The molecule has 1 aromatic carbocycles. The number of nitrogens with zero attached hydrogens (tertiary/aromatic N) is 2. The Hall–Kier alpha value is -2.63. The highest BCUT2D eigenvalue weighted by Gasteiger charge is 2.28. The molecule has 1 aliphatic heterocycles. The quantitative estimate of drug-likeness (QED) is 0.595. The molecule has 160 valence electrons. The number of ketones is 1. The molecule has 30 heavy (non-hydrogen) atoms. The van der Waals surface area contributed by atoms with E-state index in [4.69, 9.17) is 9.47 Å². The minimum Gasteiger partial charge on any atom is -0.489 e. The predicted octanol–water partition coefficient (Wildman–Crippen LogP) is 4.75. The lowest BCUT2D eigenvalue weighted by Crippen LogP contribution is -2.25. The predicted molar refractivity (Wildman–Crippen MR) is 114 cm³/mol. The second kappa shape index (κ2) is 9.02. The van der Waals surface area contributed by atoms with Crippen LogP contribution in [0.25, 0.3) is 0 Å². The first kappa shape index (κ1) is 20.6. The van der Waals surface area contributed by atoms with E-state index in [1.165, 1.54) is 0 Å². The number of halogens is 1. The highest BCUT2D eigenvalue weighted by Crippen LogP contribution is 2.33. The van der Waals surface area contributed by atoms with Gasteiger partial charge in [-0.15, -0.1) is 0 Å². The van der Waals surface area contributed by atoms with Gasteiger partial charge in [-0.3, -0.25) is 0 Å². The Labute approximate surface area is 177 Å². The van der Waals surface area contributed by atoms with Gasteiger partial charge in [0.2, 0.25) is 5.82 Å². The largest absolute Gasteiger partial charge is 0.489 e. The lowest BCUT2D eigenvalue weighted by molar-refractivity contribution is -0.117. The normalized spacial score (nSPS) is 19.6. The van der Waals surface area contributed by atoms with E-state index in [1.807, 2.05) is 29.2 Å². The fourth-order valence-electron chi connectivity index (χ4n) is 3.90. The lowest BCUT2D eigenvalue weighted by atomic mass is 9.96. The van der Waals surface area contributed by atoms with Crippen molar-refractivity contribution in [3.05, 3.63) is 47.9 Å². The summed E-state index contributed by atoms with van der Waals surface area (Å²) in [6.07, 6.45) is 5.28. The third-order valence-electron chi connectivity index (χ3n) is 5.82. The van der Waals surface area contributed by atoms with Crippen LogP contribution in [0.4, 0.5) is 10.1 Å². The number of benzene rings is 1. The molecular weight excluding hydrogens is 383 g/mol. The summed E-state index contributed by atoms with van der Waals surface area (Å²) in [6.45, 7) is 5.55. The lowest BCUT2D eigenvalue weighted by Gasteiger charge is -2.20. The number of Topliss-reactive ketones (excluding diaryl/α,β-unsaturated/α-hetero) is 1. The van der Waals surface area contributed by atoms with Gasteiger partial charge in [0, 0.05) is 25.6 Å². The van der Waals surface area contributed by atoms with Crippen molar-refractivity contribution in [1.82, 2.24) is 4.98 Å². The average molecular weight is 413 g/mol. The van der Waals surface area contributed by atoms with E-state index < -0.39 is 0 Å². The summed E-state index contributed by atoms with van der Waals surface area (Å²) in [7, 11) is 0. The van der Waals surface area contributed by atoms with Gasteiger partial charge in [-0.1, -0.05) is 19.1 Å². The maximum atomic E-state index is 14.9. The number of hydrogen-bond acceptors (Lipinski definition) is 5. The molecule has 2 fully saturated rings. The van der Waals surface area contributed by atoms with Crippen molar-refractivity contribution in [2.75, 3.05) is 24.6 Å². The van der Waals surface area contributed by atoms with E-state index in [9.17, 15) is 9.18 Å². The third-order valence-corrected chi connectivity index (χ3v) is 5.82. The van der Waals surface area contributed by atoms with E-state index in [2.05, 4.69) is 11.9 Å². The Kier molecular flexibility index (Phi) is 6.21. The van der Waals surface area contributed by atoms with Crippen LogP contribution in [0, 0.1) is 11.7 Å². The number of rotatable bonds is 9. The molecule has 1 saturated carbocycles. The van der Waals surface area contributed by atoms with Gasteiger partial charge in [0.1, 0.15) is 17.6 Å². The molecule has 0 N–H and O–H groups in total. The van der Waals surface area contributed by atoms with Crippen molar-refractivity contribution >= 4 is 11.5 Å². The van der Waals surface area contributed by atoms with Gasteiger partial charge >= 0.3 is 0 Å². The van der Waals surface area contributed by atoms with Crippen molar-refractivity contribution in [2.24, 2.45) is 5.92 Å². The second-order valence-corrected chi connectivity index (χ2v) is 8.55. The SMILES string of the molecule is CC(=O)C[C@@H](C)c1ccc(O[C@@H]2CCN(c3ccnc(OCC4CC4)c3F)C2)cc1. The van der Waals surface area contributed by atoms with E-state index in [0.717, 1.165) is 37.1 Å². The van der Waals surface area contributed by atoms with Crippen molar-refractivity contribution in [2.45, 2.75) is 51.6 Å². The molecule has 1 saturated heterocycles. The Morgan fingerprint density at radius 3 is 2.70 bits per heavy atom. The van der Waals surface area contributed by atoms with Gasteiger partial charge in [0.15, 0.2) is 0 Å². The summed E-state index contributed by atoms with van der Waals surface area (Å²) in [4.78, 5) is 17.4. The fourth-order valence-corrected chi connectivity index (χ4v) is 3.90. The van der Waals surface area contributed by atoms with Crippen molar-refractivity contribution in [3.63, 3.8) is 0 Å². The molecule has 2 aromatic rings. The van der Waals surface area contributed by atoms with Gasteiger partial charge < -0.3 is 19.2 Å². The van der Waals surface area contributed by atoms with E-state index in [1.54, 1.807) is 19.2 Å². The molecule has 0 unspecified atom stereocenters. The molecule has 0 spiro atoms. The first-order valence-electron chi connectivity index (χ1n) is 10.8. The molecular formula is C24H29FN2O3. The zero-order valence-corrected chi connectivity index (χ0v) is 17.6. The minimum atomic E-state index is -0.386. The van der Waals surface area contributed by atoms with Crippen LogP contribution in [0.2, 0.25) is 0 Å². The highest BCUT2D eigenvalue weighted by atomic mass is 19.1. The van der Waals surface area contributed by atoms with E-state index in [0.29, 0.717) is 31.2 Å². The maximum Gasteiger partial charge on any atom is 0.252 e. The van der Waals surface area contributed by atoms with Crippen LogP contribution in [0.3, 0.4) is 0 Å². The Balaban J connectivity index is 1.34. The monoisotopic (exact) mass is 412 g/mol. The van der Waals surface area contributed by atoms with Crippen LogP contribution in [0.5, 0.6) is 11.6 Å². The van der Waals surface area contributed by atoms with Crippen LogP contribution >= 0.6 is 0 Å². The summed E-state index contributed by atoms with van der Waals surface area (Å²) in [5, 5.41) is 0. The zero-order chi connectivity index (χ0) is 21.1. The van der Waals surface area contributed by atoms with E-state index >= 15 is 0 Å². The molecule has 2 aliphatic rings. The number of carbonyl (C=O) groups is 1. The van der Waals surface area contributed by atoms with Gasteiger partial charge in [0.05, 0.1) is 18.8 Å². The summed E-state index contributed by atoms with van der Waals surface area (Å²) < 4.78 is 26.6. The summed E-state index contributed by atoms with van der Waals surface area (Å²) in [5.41, 5.74) is 1.65. The summed E-state index contributed by atoms with van der Waals surface area (Å²) in [5.74, 6) is 1.45. The number of carbonyl (C=O) groups excluding carboxylic acids is 1. The molecule has 2 atom stereocenters. The summed E-state index contributed by atoms with van der Waals surface area (Å²) >= 11 is 0. The Morgan fingerprint density at radius 1 is 1.23 bits per heavy atom. The van der Waals surface area contributed by atoms with Crippen LogP contribution in [-0.2, 0) is 4.79 Å². The number of ether oxygens (including phenoxy) is 2. The van der Waals surface area contributed by atoms with Crippen LogP contribution < -0.4 is 14.4 Å².